The molecule has 0 rings (SSSR count). The molecule has 0 aromatic carbocycles. The van der Waals surface area contributed by atoms with Crippen molar-refractivity contribution < 1.29 is 47.9 Å². The summed E-state index contributed by atoms with van der Waals surface area (Å²) in [4.78, 5) is 80.8. The third-order valence-electron chi connectivity index (χ3n) is 24.6. The van der Waals surface area contributed by atoms with Gasteiger partial charge in [-0.2, -0.15) is 0 Å². The van der Waals surface area contributed by atoms with Crippen molar-refractivity contribution in [3.05, 3.63) is 0 Å². The maximum atomic E-state index is 15.1. The molecule has 4 amide bonds. The number of aliphatic carboxylic acids is 2. The van der Waals surface area contributed by atoms with E-state index < -0.39 is 47.9 Å². The van der Waals surface area contributed by atoms with Crippen molar-refractivity contribution in [3.63, 3.8) is 0 Å². The average molecular weight is 1650 g/mol. The molecule has 0 aliphatic rings. The molecule has 0 radical (unpaired) electrons. The number of carbonyl (C=O) groups excluding carboxylic acids is 4. The van der Waals surface area contributed by atoms with Crippen LogP contribution in [0.5, 0.6) is 0 Å². The van der Waals surface area contributed by atoms with E-state index in [9.17, 15) is 29.4 Å². The Kier molecular flexibility index (Phi) is 87.3. The molecule has 0 bridgehead atoms. The van der Waals surface area contributed by atoms with Crippen molar-refractivity contribution in [3.8, 4) is 0 Å². The number of carbonyl (C=O) groups is 6. The fraction of sp³-hybridized carbons (Fsp3) is 0.938. The van der Waals surface area contributed by atoms with Gasteiger partial charge >= 0.3 is 23.8 Å². The molecule has 0 aliphatic heterocycles. The van der Waals surface area contributed by atoms with Crippen molar-refractivity contribution >= 4 is 35.6 Å². The first kappa shape index (κ1) is 115. The maximum Gasteiger partial charge on any atom is 0.363 e. The molecule has 0 saturated heterocycles. The Balaban J connectivity index is 0. The molecule has 0 unspecified atom stereocenters. The maximum absolute atomic E-state index is 15.1. The van der Waals surface area contributed by atoms with Crippen molar-refractivity contribution in [1.82, 2.24) is 21.3 Å². The summed E-state index contributed by atoms with van der Waals surface area (Å²) >= 11 is 0. The molecule has 20 heteroatoms. The summed E-state index contributed by atoms with van der Waals surface area (Å²) in [7, 11) is 0. The number of nitrogens with two attached hydrogens (primary N) is 6. The molecule has 0 fully saturated rings. The standard InChI is InChI=1S/2C48H98N6O4/c2*1-3-5-7-9-11-13-15-17-19-21-23-25-27-29-42-54(45(48(57)58)35-36-46(51)55,43-30-28-26-24-22-20-18-16-14-12-10-8-6-4-2)47(56)44(53-41-33-38-50)34-31-39-52-40-32-37-49/h2*44-45,52-53H,3-43,49-50H2,1-2H3,(H2-,51,55,57,58)/p+2/t2*44-,45-/m00/s1. The highest BCUT2D eigenvalue weighted by Gasteiger charge is 2.51. The van der Waals surface area contributed by atoms with Gasteiger partial charge < -0.3 is 65.9 Å². The SMILES string of the molecule is CCCCCCCCCCCCCCCC[N+](CCCCCCCCCCCCCCCC)(C(=O)[C@H](CCCNCCCN)NCCCN)[C@@H](CCC(N)=O)C(=O)O.CCCCCCCCCCCCCCCC[N+](CCCCCCCCCCCCCCCC)(C(=O)[C@H](CCCNCCCN)NCCCN)[C@@H](CCC(N)=O)C(=O)O. The van der Waals surface area contributed by atoms with Crippen LogP contribution < -0.4 is 55.7 Å². The third kappa shape index (κ3) is 67.4. The molecule has 20 nitrogen and oxygen atoms in total. The van der Waals surface area contributed by atoms with Gasteiger partial charge in [-0.1, -0.05) is 336 Å². The largest absolute Gasteiger partial charge is 0.477 e. The number of amides is 4. The second kappa shape index (κ2) is 88.1. The molecule has 0 heterocycles. The van der Waals surface area contributed by atoms with E-state index >= 15 is 9.59 Å². The van der Waals surface area contributed by atoms with E-state index in [1.807, 2.05) is 0 Å². The summed E-state index contributed by atoms with van der Waals surface area (Å²) in [5, 5.41) is 35.5. The number of hydrogen-bond donors (Lipinski definition) is 12. The Morgan fingerprint density at radius 1 is 0.250 bits per heavy atom. The molecule has 0 spiro atoms. The van der Waals surface area contributed by atoms with Crippen LogP contribution in [0.25, 0.3) is 0 Å². The van der Waals surface area contributed by atoms with Crippen LogP contribution in [0.4, 0.5) is 0 Å². The van der Waals surface area contributed by atoms with Crippen LogP contribution in [0.2, 0.25) is 0 Å². The lowest BCUT2D eigenvalue weighted by molar-refractivity contribution is -0.873. The van der Waals surface area contributed by atoms with Gasteiger partial charge in [0.15, 0.2) is 12.1 Å². The summed E-state index contributed by atoms with van der Waals surface area (Å²) in [6.07, 6.45) is 75.3. The van der Waals surface area contributed by atoms with E-state index in [1.54, 1.807) is 0 Å². The van der Waals surface area contributed by atoms with E-state index in [2.05, 4.69) is 49.0 Å². The van der Waals surface area contributed by atoms with Crippen LogP contribution in [0.3, 0.4) is 0 Å². The van der Waals surface area contributed by atoms with Crippen molar-refractivity contribution in [1.29, 1.82) is 0 Å². The Hall–Kier alpha value is -3.18. The van der Waals surface area contributed by atoms with Gasteiger partial charge in [0.25, 0.3) is 0 Å². The van der Waals surface area contributed by atoms with Crippen LogP contribution in [0.1, 0.15) is 464 Å². The molecule has 0 aromatic rings. The molecule has 4 atom stereocenters. The number of rotatable bonds is 94. The van der Waals surface area contributed by atoms with Crippen molar-refractivity contribution in [2.75, 3.05) is 91.6 Å². The van der Waals surface area contributed by atoms with E-state index in [0.717, 1.165) is 142 Å². The Morgan fingerprint density at radius 3 is 0.612 bits per heavy atom. The first-order valence-corrected chi connectivity index (χ1v) is 50.1. The Bertz CT molecular complexity index is 1960. The summed E-state index contributed by atoms with van der Waals surface area (Å²) in [5.41, 5.74) is 34.3. The van der Waals surface area contributed by atoms with E-state index in [1.165, 1.54) is 283 Å². The lowest BCUT2D eigenvalue weighted by atomic mass is 9.97. The Labute approximate surface area is 715 Å². The summed E-state index contributed by atoms with van der Waals surface area (Å²) in [6, 6.07) is -3.00. The predicted octanol–water partition coefficient (Wildman–Crippen LogP) is 20.1. The summed E-state index contributed by atoms with van der Waals surface area (Å²) in [5.74, 6) is -3.14. The lowest BCUT2D eigenvalue weighted by Crippen LogP contribution is -2.67. The van der Waals surface area contributed by atoms with Crippen molar-refractivity contribution in [2.45, 2.75) is 488 Å². The van der Waals surface area contributed by atoms with Crippen LogP contribution in [0.15, 0.2) is 0 Å². The van der Waals surface area contributed by atoms with Gasteiger partial charge in [0, 0.05) is 25.7 Å². The second-order valence-electron chi connectivity index (χ2n) is 35.1. The third-order valence-corrected chi connectivity index (χ3v) is 24.6. The average Bonchev–Trinajstić information content (AvgIpc) is 0.787. The van der Waals surface area contributed by atoms with Gasteiger partial charge in [0.05, 0.1) is 26.2 Å². The zero-order valence-electron chi connectivity index (χ0n) is 77.0. The van der Waals surface area contributed by atoms with Crippen LogP contribution in [-0.2, 0) is 28.8 Å². The molecule has 116 heavy (non-hydrogen) atoms. The minimum absolute atomic E-state index is 0.0414. The number of unbranched alkanes of at least 4 members (excludes halogenated alkanes) is 52. The molecule has 0 saturated carbocycles. The number of quaternary nitrogens is 2. The fourth-order valence-corrected chi connectivity index (χ4v) is 17.2. The highest BCUT2D eigenvalue weighted by Crippen LogP contribution is 2.30. The van der Waals surface area contributed by atoms with Gasteiger partial charge in [0.1, 0.15) is 12.1 Å². The highest BCUT2D eigenvalue weighted by molar-refractivity contribution is 5.82. The monoisotopic (exact) mass is 1650 g/mol. The zero-order valence-corrected chi connectivity index (χ0v) is 77.0. The lowest BCUT2D eigenvalue weighted by Gasteiger charge is -2.43. The minimum Gasteiger partial charge on any atom is -0.477 e. The molecule has 0 aliphatic carbocycles. The van der Waals surface area contributed by atoms with Crippen LogP contribution in [0, 0.1) is 0 Å². The number of nitrogens with one attached hydrogen (secondary N) is 4. The van der Waals surface area contributed by atoms with Gasteiger partial charge in [-0.05, 0) is 168 Å². The first-order chi connectivity index (χ1) is 56.6. The number of carboxylic acid groups (broad SMARTS) is 2. The normalized spacial score (nSPS) is 12.9. The number of primary amides is 2. The van der Waals surface area contributed by atoms with E-state index in [0.29, 0.717) is 78.3 Å². The molecular weight excluding hydrogens is 1450 g/mol. The van der Waals surface area contributed by atoms with Gasteiger partial charge in [-0.3, -0.25) is 9.59 Å². The van der Waals surface area contributed by atoms with Crippen LogP contribution in [-0.4, -0.2) is 171 Å². The van der Waals surface area contributed by atoms with Gasteiger partial charge in [-0.15, -0.1) is 0 Å². The number of carboxylic acids is 2. The highest BCUT2D eigenvalue weighted by atomic mass is 16.4. The molecular formula is C96H198N12O8+2. The van der Waals surface area contributed by atoms with Crippen molar-refractivity contribution in [2.24, 2.45) is 34.4 Å². The van der Waals surface area contributed by atoms with Crippen LogP contribution >= 0.6 is 0 Å². The van der Waals surface area contributed by atoms with E-state index in [4.69, 9.17) is 34.4 Å². The van der Waals surface area contributed by atoms with Gasteiger partial charge in [0.2, 0.25) is 11.8 Å². The smallest absolute Gasteiger partial charge is 0.363 e. The zero-order chi connectivity index (χ0) is 85.6. The first-order valence-electron chi connectivity index (χ1n) is 50.1. The summed E-state index contributed by atoms with van der Waals surface area (Å²) in [6.45, 7) is 17.7. The van der Waals surface area contributed by atoms with E-state index in [-0.39, 0.29) is 46.5 Å². The summed E-state index contributed by atoms with van der Waals surface area (Å²) < 4.78 is -0.222. The Morgan fingerprint density at radius 2 is 0.431 bits per heavy atom. The number of nitrogens with zero attached hydrogens (tertiary/aromatic N) is 2. The molecule has 688 valence electrons. The quantitative estimate of drug-likeness (QED) is 0.0199. The molecule has 0 aromatic heterocycles. The molecule has 18 N–H and O–H groups in total. The fourth-order valence-electron chi connectivity index (χ4n) is 17.2. The minimum atomic E-state index is -1.01. The topological polar surface area (TPSA) is 347 Å². The van der Waals surface area contributed by atoms with Gasteiger partial charge in [-0.25, -0.2) is 28.1 Å². The second-order valence-corrected chi connectivity index (χ2v) is 35.1. The predicted molar refractivity (Wildman–Crippen MR) is 493 cm³/mol. The number of hydrogen-bond acceptors (Lipinski definition) is 14.